The molecule has 2 saturated heterocycles. The van der Waals surface area contributed by atoms with E-state index < -0.39 is 0 Å². The highest BCUT2D eigenvalue weighted by Crippen LogP contribution is 2.30. The van der Waals surface area contributed by atoms with Gasteiger partial charge in [0.1, 0.15) is 23.7 Å². The Bertz CT molecular complexity index is 1070. The fraction of sp³-hybridized carbons (Fsp3) is 0.357. The molecular weight excluding hydrogens is 446 g/mol. The van der Waals surface area contributed by atoms with Gasteiger partial charge in [0, 0.05) is 24.0 Å². The van der Waals surface area contributed by atoms with Gasteiger partial charge in [-0.2, -0.15) is 0 Å². The van der Waals surface area contributed by atoms with Gasteiger partial charge in [0.15, 0.2) is 0 Å². The van der Waals surface area contributed by atoms with Gasteiger partial charge < -0.3 is 24.7 Å². The molecule has 2 atom stereocenters. The van der Waals surface area contributed by atoms with Crippen molar-refractivity contribution >= 4 is 17.6 Å². The zero-order chi connectivity index (χ0) is 24.8. The maximum atomic E-state index is 11.4. The van der Waals surface area contributed by atoms with Crippen LogP contribution in [0.3, 0.4) is 0 Å². The molecule has 0 amide bonds. The van der Waals surface area contributed by atoms with Gasteiger partial charge in [-0.3, -0.25) is 0 Å². The molecule has 0 bridgehead atoms. The van der Waals surface area contributed by atoms with Crippen molar-refractivity contribution in [1.82, 2.24) is 0 Å². The minimum Gasteiger partial charge on any atom is -0.494 e. The van der Waals surface area contributed by atoms with Gasteiger partial charge in [-0.05, 0) is 61.1 Å². The van der Waals surface area contributed by atoms with Crippen LogP contribution in [0.5, 0.6) is 11.5 Å². The molecule has 2 fully saturated rings. The van der Waals surface area contributed by atoms with Gasteiger partial charge in [-0.25, -0.2) is 9.59 Å². The van der Waals surface area contributed by atoms with E-state index in [1.165, 1.54) is 0 Å². The highest BCUT2D eigenvalue weighted by Gasteiger charge is 2.27. The van der Waals surface area contributed by atoms with E-state index >= 15 is 0 Å². The Morgan fingerprint density at radius 2 is 1.34 bits per heavy atom. The largest absolute Gasteiger partial charge is 0.494 e. The summed E-state index contributed by atoms with van der Waals surface area (Å²) in [5.41, 5.74) is 9.88. The molecule has 184 valence electrons. The molecule has 2 aromatic rings. The second-order valence-corrected chi connectivity index (χ2v) is 8.93. The topological polar surface area (TPSA) is 97.1 Å². The SMILES string of the molecule is C=C1CC(CCCOc2ccc(-c3ccc(OCCCC4CC(=C)C(=O)O4)c(N)c3)cc2)OC1=O. The van der Waals surface area contributed by atoms with Gasteiger partial charge in [-0.15, -0.1) is 0 Å². The first-order chi connectivity index (χ1) is 16.9. The number of cyclic esters (lactones) is 2. The summed E-state index contributed by atoms with van der Waals surface area (Å²) in [5.74, 6) is 0.839. The number of nitrogen functional groups attached to an aromatic ring is 1. The summed E-state index contributed by atoms with van der Waals surface area (Å²) in [6.07, 6.45) is 4.08. The van der Waals surface area contributed by atoms with Crippen molar-refractivity contribution in [2.24, 2.45) is 0 Å². The van der Waals surface area contributed by atoms with E-state index in [1.54, 1.807) is 0 Å². The first-order valence-corrected chi connectivity index (χ1v) is 11.9. The summed E-state index contributed by atoms with van der Waals surface area (Å²) in [6, 6.07) is 13.6. The number of esters is 2. The second-order valence-electron chi connectivity index (χ2n) is 8.93. The third kappa shape index (κ3) is 6.44. The van der Waals surface area contributed by atoms with E-state index in [9.17, 15) is 9.59 Å². The van der Waals surface area contributed by atoms with Gasteiger partial charge in [0.2, 0.25) is 0 Å². The number of hydrogen-bond donors (Lipinski definition) is 1. The molecule has 0 aromatic heterocycles. The first-order valence-electron chi connectivity index (χ1n) is 11.9. The second kappa shape index (κ2) is 11.1. The van der Waals surface area contributed by atoms with Crippen LogP contribution in [0.2, 0.25) is 0 Å². The van der Waals surface area contributed by atoms with E-state index in [0.29, 0.717) is 48.6 Å². The average molecular weight is 478 g/mol. The molecule has 2 aromatic carbocycles. The maximum absolute atomic E-state index is 11.4. The molecule has 2 heterocycles. The molecule has 2 aliphatic heterocycles. The lowest BCUT2D eigenvalue weighted by Crippen LogP contribution is -2.09. The molecule has 35 heavy (non-hydrogen) atoms. The zero-order valence-electron chi connectivity index (χ0n) is 19.8. The van der Waals surface area contributed by atoms with Gasteiger partial charge >= 0.3 is 11.9 Å². The van der Waals surface area contributed by atoms with Crippen molar-refractivity contribution in [2.75, 3.05) is 18.9 Å². The monoisotopic (exact) mass is 477 g/mol. The van der Waals surface area contributed by atoms with Crippen LogP contribution in [0.25, 0.3) is 11.1 Å². The van der Waals surface area contributed by atoms with Crippen LogP contribution in [0.1, 0.15) is 38.5 Å². The molecule has 2 unspecified atom stereocenters. The fourth-order valence-corrected chi connectivity index (χ4v) is 4.19. The first kappa shape index (κ1) is 24.4. The lowest BCUT2D eigenvalue weighted by Gasteiger charge is -2.13. The predicted molar refractivity (Wildman–Crippen MR) is 133 cm³/mol. The predicted octanol–water partition coefficient (Wildman–Crippen LogP) is 5.00. The van der Waals surface area contributed by atoms with Crippen LogP contribution >= 0.6 is 0 Å². The number of carbonyl (C=O) groups excluding carboxylic acids is 2. The van der Waals surface area contributed by atoms with Crippen LogP contribution < -0.4 is 15.2 Å². The van der Waals surface area contributed by atoms with Crippen molar-refractivity contribution in [3.8, 4) is 22.6 Å². The fourth-order valence-electron chi connectivity index (χ4n) is 4.19. The summed E-state index contributed by atoms with van der Waals surface area (Å²) < 4.78 is 22.1. The van der Waals surface area contributed by atoms with Crippen molar-refractivity contribution in [1.29, 1.82) is 0 Å². The highest BCUT2D eigenvalue weighted by atomic mass is 16.6. The Hall–Kier alpha value is -3.74. The molecule has 0 aliphatic carbocycles. The van der Waals surface area contributed by atoms with E-state index in [0.717, 1.165) is 42.6 Å². The van der Waals surface area contributed by atoms with Crippen molar-refractivity contribution in [2.45, 2.75) is 50.7 Å². The third-order valence-electron chi connectivity index (χ3n) is 6.14. The molecule has 2 N–H and O–H groups in total. The number of rotatable bonds is 11. The van der Waals surface area contributed by atoms with Crippen LogP contribution in [0, 0.1) is 0 Å². The van der Waals surface area contributed by atoms with E-state index in [4.69, 9.17) is 24.7 Å². The van der Waals surface area contributed by atoms with Crippen LogP contribution in [-0.4, -0.2) is 37.4 Å². The van der Waals surface area contributed by atoms with Crippen molar-refractivity contribution in [3.05, 3.63) is 66.8 Å². The molecule has 0 radical (unpaired) electrons. The number of carbonyl (C=O) groups is 2. The number of hydrogen-bond acceptors (Lipinski definition) is 7. The molecule has 7 nitrogen and oxygen atoms in total. The number of nitrogens with two attached hydrogens (primary N) is 1. The maximum Gasteiger partial charge on any atom is 0.333 e. The van der Waals surface area contributed by atoms with E-state index in [2.05, 4.69) is 13.2 Å². The van der Waals surface area contributed by atoms with Crippen LogP contribution in [-0.2, 0) is 19.1 Å². The Balaban J connectivity index is 1.20. The Labute approximate surface area is 205 Å². The average Bonchev–Trinajstić information content (AvgIpc) is 3.34. The van der Waals surface area contributed by atoms with Crippen molar-refractivity contribution < 1.29 is 28.5 Å². The lowest BCUT2D eigenvalue weighted by atomic mass is 10.0. The smallest absolute Gasteiger partial charge is 0.333 e. The lowest BCUT2D eigenvalue weighted by molar-refractivity contribution is -0.140. The number of benzene rings is 2. The van der Waals surface area contributed by atoms with Gasteiger partial charge in [0.05, 0.1) is 18.9 Å². The Morgan fingerprint density at radius 1 is 0.800 bits per heavy atom. The highest BCUT2D eigenvalue weighted by molar-refractivity contribution is 5.90. The van der Waals surface area contributed by atoms with Gasteiger partial charge in [0.25, 0.3) is 0 Å². The minimum atomic E-state index is -0.296. The Morgan fingerprint density at radius 3 is 1.86 bits per heavy atom. The summed E-state index contributed by atoms with van der Waals surface area (Å²) in [4.78, 5) is 22.7. The quantitative estimate of drug-likeness (QED) is 0.211. The summed E-state index contributed by atoms with van der Waals surface area (Å²) in [7, 11) is 0. The number of ether oxygens (including phenoxy) is 4. The zero-order valence-corrected chi connectivity index (χ0v) is 19.8. The van der Waals surface area contributed by atoms with Gasteiger partial charge in [-0.1, -0.05) is 31.4 Å². The molecule has 0 saturated carbocycles. The normalized spacial score (nSPS) is 19.5. The summed E-state index contributed by atoms with van der Waals surface area (Å²) in [6.45, 7) is 8.45. The minimum absolute atomic E-state index is 0.0779. The summed E-state index contributed by atoms with van der Waals surface area (Å²) >= 11 is 0. The van der Waals surface area contributed by atoms with Crippen LogP contribution in [0.15, 0.2) is 66.8 Å². The van der Waals surface area contributed by atoms with E-state index in [-0.39, 0.29) is 24.1 Å². The Kier molecular flexibility index (Phi) is 7.75. The standard InChI is InChI=1S/C28H31NO6/c1-18-15-23(34-27(18)30)5-3-13-32-22-10-7-20(8-11-22)21-9-12-26(25(29)17-21)33-14-4-6-24-16-19(2)28(31)35-24/h7-12,17,23-24H,1-6,13-16,29H2. The molecule has 4 rings (SSSR count). The number of anilines is 1. The van der Waals surface area contributed by atoms with E-state index in [1.807, 2.05) is 42.5 Å². The molecule has 0 spiro atoms. The summed E-state index contributed by atoms with van der Waals surface area (Å²) in [5, 5.41) is 0. The molecule has 2 aliphatic rings. The molecule has 7 heteroatoms. The van der Waals surface area contributed by atoms with Crippen molar-refractivity contribution in [3.63, 3.8) is 0 Å². The van der Waals surface area contributed by atoms with Crippen LogP contribution in [0.4, 0.5) is 5.69 Å². The third-order valence-corrected chi connectivity index (χ3v) is 6.14. The molecular formula is C28H31NO6.